The number of ether oxygens (including phenoxy) is 1. The molecule has 2 amide bonds. The SMILES string of the molecule is COc1ncccc1NC(=O)N(Cc1ccccc1C(F)(F)F)C1CC1. The molecule has 2 aromatic rings. The van der Waals surface area contributed by atoms with Gasteiger partial charge in [0.1, 0.15) is 5.69 Å². The summed E-state index contributed by atoms with van der Waals surface area (Å²) in [4.78, 5) is 18.1. The molecule has 1 aromatic carbocycles. The number of hydrogen-bond donors (Lipinski definition) is 1. The Bertz CT molecular complexity index is 791. The highest BCUT2D eigenvalue weighted by Crippen LogP contribution is 2.35. The van der Waals surface area contributed by atoms with Gasteiger partial charge in [-0.05, 0) is 36.6 Å². The molecule has 1 saturated carbocycles. The van der Waals surface area contributed by atoms with Gasteiger partial charge in [-0.1, -0.05) is 18.2 Å². The van der Waals surface area contributed by atoms with Crippen LogP contribution in [-0.2, 0) is 12.7 Å². The Hall–Kier alpha value is -2.77. The van der Waals surface area contributed by atoms with E-state index in [1.54, 1.807) is 12.1 Å². The zero-order valence-electron chi connectivity index (χ0n) is 14.1. The van der Waals surface area contributed by atoms with E-state index in [2.05, 4.69) is 10.3 Å². The lowest BCUT2D eigenvalue weighted by atomic mass is 10.1. The summed E-state index contributed by atoms with van der Waals surface area (Å²) >= 11 is 0. The molecule has 1 N–H and O–H groups in total. The van der Waals surface area contributed by atoms with Crippen LogP contribution in [-0.4, -0.2) is 29.1 Å². The first-order chi connectivity index (χ1) is 12.4. The predicted molar refractivity (Wildman–Crippen MR) is 89.8 cm³/mol. The van der Waals surface area contributed by atoms with E-state index < -0.39 is 17.8 Å². The molecule has 1 aliphatic carbocycles. The maximum Gasteiger partial charge on any atom is 0.416 e. The van der Waals surface area contributed by atoms with Gasteiger partial charge in [0, 0.05) is 18.8 Å². The highest BCUT2D eigenvalue weighted by atomic mass is 19.4. The van der Waals surface area contributed by atoms with E-state index >= 15 is 0 Å². The molecule has 0 atom stereocenters. The molecular weight excluding hydrogens is 347 g/mol. The summed E-state index contributed by atoms with van der Waals surface area (Å²) in [6.07, 6.45) is -1.40. The Morgan fingerprint density at radius 2 is 2.00 bits per heavy atom. The zero-order valence-corrected chi connectivity index (χ0v) is 14.1. The van der Waals surface area contributed by atoms with Gasteiger partial charge in [0.2, 0.25) is 5.88 Å². The first kappa shape index (κ1) is 18.0. The smallest absolute Gasteiger partial charge is 0.416 e. The Morgan fingerprint density at radius 1 is 1.27 bits per heavy atom. The third kappa shape index (κ3) is 4.07. The number of nitrogens with one attached hydrogen (secondary N) is 1. The lowest BCUT2D eigenvalue weighted by Crippen LogP contribution is -2.37. The normalized spacial score (nSPS) is 14.0. The minimum Gasteiger partial charge on any atom is -0.480 e. The first-order valence-electron chi connectivity index (χ1n) is 8.12. The van der Waals surface area contributed by atoms with E-state index in [1.165, 1.54) is 36.4 Å². The molecule has 1 heterocycles. The lowest BCUT2D eigenvalue weighted by Gasteiger charge is -2.25. The maximum absolute atomic E-state index is 13.2. The quantitative estimate of drug-likeness (QED) is 0.859. The van der Waals surface area contributed by atoms with Crippen LogP contribution in [0.15, 0.2) is 42.6 Å². The van der Waals surface area contributed by atoms with Gasteiger partial charge < -0.3 is 15.0 Å². The Morgan fingerprint density at radius 3 is 2.65 bits per heavy atom. The molecule has 0 spiro atoms. The number of methoxy groups -OCH3 is 1. The molecule has 1 aliphatic rings. The van der Waals surface area contributed by atoms with Crippen molar-refractivity contribution in [3.8, 4) is 5.88 Å². The average molecular weight is 365 g/mol. The summed E-state index contributed by atoms with van der Waals surface area (Å²) in [6, 6.07) is 8.02. The molecule has 8 heteroatoms. The molecule has 0 radical (unpaired) electrons. The molecule has 1 fully saturated rings. The molecule has 26 heavy (non-hydrogen) atoms. The Labute approximate surface area is 148 Å². The van der Waals surface area contributed by atoms with E-state index in [-0.39, 0.29) is 24.0 Å². The number of nitrogens with zero attached hydrogens (tertiary/aromatic N) is 2. The average Bonchev–Trinajstić information content (AvgIpc) is 3.44. The van der Waals surface area contributed by atoms with Crippen molar-refractivity contribution < 1.29 is 22.7 Å². The number of amides is 2. The van der Waals surface area contributed by atoms with E-state index in [1.807, 2.05) is 0 Å². The number of pyridine rings is 1. The van der Waals surface area contributed by atoms with Gasteiger partial charge in [-0.25, -0.2) is 9.78 Å². The Balaban J connectivity index is 1.82. The van der Waals surface area contributed by atoms with Crippen molar-refractivity contribution in [1.82, 2.24) is 9.88 Å². The van der Waals surface area contributed by atoms with Gasteiger partial charge in [-0.15, -0.1) is 0 Å². The van der Waals surface area contributed by atoms with Crippen LogP contribution in [0.2, 0.25) is 0 Å². The van der Waals surface area contributed by atoms with E-state index in [0.29, 0.717) is 5.69 Å². The number of alkyl halides is 3. The van der Waals surface area contributed by atoms with Gasteiger partial charge >= 0.3 is 12.2 Å². The number of carbonyl (C=O) groups is 1. The van der Waals surface area contributed by atoms with Crippen molar-refractivity contribution >= 4 is 11.7 Å². The summed E-state index contributed by atoms with van der Waals surface area (Å²) in [5.41, 5.74) is -0.285. The number of halogens is 3. The molecule has 138 valence electrons. The second-order valence-electron chi connectivity index (χ2n) is 6.00. The van der Waals surface area contributed by atoms with Crippen LogP contribution in [0, 0.1) is 0 Å². The number of anilines is 1. The number of carbonyl (C=O) groups excluding carboxylic acids is 1. The number of benzene rings is 1. The van der Waals surface area contributed by atoms with Gasteiger partial charge in [-0.2, -0.15) is 13.2 Å². The maximum atomic E-state index is 13.2. The predicted octanol–water partition coefficient (Wildman–Crippen LogP) is 4.31. The molecule has 0 unspecified atom stereocenters. The van der Waals surface area contributed by atoms with E-state index in [0.717, 1.165) is 18.9 Å². The molecule has 5 nitrogen and oxygen atoms in total. The molecule has 0 saturated heterocycles. The van der Waals surface area contributed by atoms with Crippen molar-refractivity contribution in [3.63, 3.8) is 0 Å². The van der Waals surface area contributed by atoms with E-state index in [9.17, 15) is 18.0 Å². The molecule has 1 aromatic heterocycles. The third-order valence-corrected chi connectivity index (χ3v) is 4.12. The van der Waals surface area contributed by atoms with Gasteiger partial charge in [-0.3, -0.25) is 0 Å². The number of hydrogen-bond acceptors (Lipinski definition) is 3. The van der Waals surface area contributed by atoms with Crippen LogP contribution in [0.4, 0.5) is 23.7 Å². The fourth-order valence-corrected chi connectivity index (χ4v) is 2.71. The largest absolute Gasteiger partial charge is 0.480 e. The molecule has 3 rings (SSSR count). The number of urea groups is 1. The van der Waals surface area contributed by atoms with Crippen LogP contribution in [0.3, 0.4) is 0 Å². The van der Waals surface area contributed by atoms with Crippen LogP contribution in [0.5, 0.6) is 5.88 Å². The number of aromatic nitrogens is 1. The zero-order chi connectivity index (χ0) is 18.7. The van der Waals surface area contributed by atoms with Crippen LogP contribution < -0.4 is 10.1 Å². The highest BCUT2D eigenvalue weighted by molar-refractivity contribution is 5.91. The van der Waals surface area contributed by atoms with Crippen LogP contribution in [0.1, 0.15) is 24.0 Å². The van der Waals surface area contributed by atoms with Crippen molar-refractivity contribution in [2.24, 2.45) is 0 Å². The lowest BCUT2D eigenvalue weighted by molar-refractivity contribution is -0.138. The first-order valence-corrected chi connectivity index (χ1v) is 8.12. The monoisotopic (exact) mass is 365 g/mol. The molecular formula is C18H18F3N3O2. The second kappa shape index (κ2) is 7.23. The fourth-order valence-electron chi connectivity index (χ4n) is 2.71. The highest BCUT2D eigenvalue weighted by Gasteiger charge is 2.37. The minimum atomic E-state index is -4.46. The topological polar surface area (TPSA) is 54.5 Å². The van der Waals surface area contributed by atoms with Gasteiger partial charge in [0.05, 0.1) is 12.7 Å². The van der Waals surface area contributed by atoms with E-state index in [4.69, 9.17) is 4.74 Å². The molecule has 0 bridgehead atoms. The third-order valence-electron chi connectivity index (χ3n) is 4.12. The standard InChI is InChI=1S/C18H18F3N3O2/c1-26-16-15(7-4-10-22-16)23-17(25)24(13-8-9-13)11-12-5-2-3-6-14(12)18(19,20)21/h2-7,10,13H,8-9,11H2,1H3,(H,23,25). The van der Waals surface area contributed by atoms with Crippen molar-refractivity contribution in [2.45, 2.75) is 31.6 Å². The van der Waals surface area contributed by atoms with Crippen molar-refractivity contribution in [2.75, 3.05) is 12.4 Å². The van der Waals surface area contributed by atoms with Gasteiger partial charge in [0.15, 0.2) is 0 Å². The van der Waals surface area contributed by atoms with Crippen LogP contribution in [0.25, 0.3) is 0 Å². The summed E-state index contributed by atoms with van der Waals surface area (Å²) in [5, 5.41) is 2.68. The summed E-state index contributed by atoms with van der Waals surface area (Å²) in [7, 11) is 1.43. The fraction of sp³-hybridized carbons (Fsp3) is 0.333. The van der Waals surface area contributed by atoms with Crippen molar-refractivity contribution in [1.29, 1.82) is 0 Å². The van der Waals surface area contributed by atoms with Crippen molar-refractivity contribution in [3.05, 3.63) is 53.7 Å². The van der Waals surface area contributed by atoms with Gasteiger partial charge in [0.25, 0.3) is 0 Å². The number of rotatable bonds is 5. The summed E-state index contributed by atoms with van der Waals surface area (Å²) in [6.45, 7) is -0.116. The molecule has 0 aliphatic heterocycles. The second-order valence-corrected chi connectivity index (χ2v) is 6.00. The van der Waals surface area contributed by atoms with Crippen LogP contribution >= 0.6 is 0 Å². The minimum absolute atomic E-state index is 0.0696. The summed E-state index contributed by atoms with van der Waals surface area (Å²) < 4.78 is 44.7. The Kier molecular flexibility index (Phi) is 5.01. The summed E-state index contributed by atoms with van der Waals surface area (Å²) in [5.74, 6) is 0.243.